The number of aromatic nitrogens is 3. The third-order valence-corrected chi connectivity index (χ3v) is 5.60. The number of ether oxygens (including phenoxy) is 2. The summed E-state index contributed by atoms with van der Waals surface area (Å²) >= 11 is 5.82. The number of para-hydroxylation sites is 3. The van der Waals surface area contributed by atoms with Crippen molar-refractivity contribution in [3.05, 3.63) is 65.2 Å². The molecule has 0 spiro atoms. The molecule has 1 saturated heterocycles. The molecule has 2 aliphatic heterocycles. The summed E-state index contributed by atoms with van der Waals surface area (Å²) in [5.74, 6) is 2.27. The lowest BCUT2D eigenvalue weighted by Crippen LogP contribution is -2.25. The maximum Gasteiger partial charge on any atom is 0.203 e. The Balaban J connectivity index is 1.55. The fraction of sp³-hybridized carbons (Fsp3) is 0.333. The monoisotopic (exact) mass is 394 g/mol. The molecule has 0 amide bonds. The average Bonchev–Trinajstić information content (AvgIpc) is 3.37. The van der Waals surface area contributed by atoms with E-state index in [0.717, 1.165) is 36.1 Å². The Morgan fingerprint density at radius 1 is 0.964 bits per heavy atom. The highest BCUT2D eigenvalue weighted by molar-refractivity contribution is 7.71. The standard InChI is InChI=1S/C21H22N4O2S/c28-21-24(15-23-12-6-7-13-23)22-20(25(21)16-8-2-1-3-9-16)19-14-26-17-10-4-5-11-18(17)27-19/h1-5,8-11,19H,6-7,12-15H2. The molecule has 1 unspecified atom stereocenters. The first-order chi connectivity index (χ1) is 13.8. The molecular weight excluding hydrogens is 372 g/mol. The highest BCUT2D eigenvalue weighted by Gasteiger charge is 2.29. The summed E-state index contributed by atoms with van der Waals surface area (Å²) in [6.45, 7) is 3.28. The molecule has 0 N–H and O–H groups in total. The van der Waals surface area contributed by atoms with Gasteiger partial charge < -0.3 is 9.47 Å². The smallest absolute Gasteiger partial charge is 0.203 e. The molecule has 0 bridgehead atoms. The summed E-state index contributed by atoms with van der Waals surface area (Å²) in [7, 11) is 0. The van der Waals surface area contributed by atoms with E-state index in [-0.39, 0.29) is 6.10 Å². The molecule has 144 valence electrons. The highest BCUT2D eigenvalue weighted by atomic mass is 32.1. The maximum absolute atomic E-state index is 6.24. The van der Waals surface area contributed by atoms with Gasteiger partial charge in [-0.15, -0.1) is 0 Å². The van der Waals surface area contributed by atoms with Gasteiger partial charge in [-0.3, -0.25) is 9.47 Å². The van der Waals surface area contributed by atoms with Crippen molar-refractivity contribution in [3.8, 4) is 17.2 Å². The van der Waals surface area contributed by atoms with Gasteiger partial charge >= 0.3 is 0 Å². The number of likely N-dealkylation sites (tertiary alicyclic amines) is 1. The van der Waals surface area contributed by atoms with Gasteiger partial charge in [0.25, 0.3) is 0 Å². The Morgan fingerprint density at radius 3 is 2.46 bits per heavy atom. The molecule has 1 fully saturated rings. The van der Waals surface area contributed by atoms with Crippen LogP contribution in [0.25, 0.3) is 5.69 Å². The summed E-state index contributed by atoms with van der Waals surface area (Å²) in [5, 5.41) is 4.87. The molecule has 3 aromatic rings. The lowest BCUT2D eigenvalue weighted by Gasteiger charge is -2.26. The molecule has 2 aliphatic rings. The molecule has 0 saturated carbocycles. The minimum atomic E-state index is -0.323. The van der Waals surface area contributed by atoms with E-state index in [0.29, 0.717) is 18.0 Å². The molecule has 28 heavy (non-hydrogen) atoms. The minimum absolute atomic E-state index is 0.323. The van der Waals surface area contributed by atoms with E-state index in [1.54, 1.807) is 0 Å². The Bertz CT molecular complexity index is 1020. The van der Waals surface area contributed by atoms with Crippen LogP contribution >= 0.6 is 12.2 Å². The minimum Gasteiger partial charge on any atom is -0.485 e. The fourth-order valence-electron chi connectivity index (χ4n) is 3.81. The molecule has 0 aliphatic carbocycles. The van der Waals surface area contributed by atoms with Crippen molar-refractivity contribution in [2.75, 3.05) is 19.7 Å². The van der Waals surface area contributed by atoms with Gasteiger partial charge in [0.15, 0.2) is 23.4 Å². The first-order valence-electron chi connectivity index (χ1n) is 9.65. The van der Waals surface area contributed by atoms with Crippen LogP contribution in [-0.4, -0.2) is 38.9 Å². The Labute approximate surface area is 168 Å². The lowest BCUT2D eigenvalue weighted by molar-refractivity contribution is 0.0830. The van der Waals surface area contributed by atoms with Crippen molar-refractivity contribution in [2.45, 2.75) is 25.6 Å². The predicted octanol–water partition coefficient (Wildman–Crippen LogP) is 3.97. The topological polar surface area (TPSA) is 44.5 Å². The maximum atomic E-state index is 6.24. The van der Waals surface area contributed by atoms with Crippen molar-refractivity contribution in [1.29, 1.82) is 0 Å². The molecule has 6 nitrogen and oxygen atoms in total. The van der Waals surface area contributed by atoms with Crippen molar-refractivity contribution in [2.24, 2.45) is 0 Å². The second kappa shape index (κ2) is 7.41. The van der Waals surface area contributed by atoms with E-state index in [1.807, 2.05) is 63.8 Å². The van der Waals surface area contributed by atoms with Crippen LogP contribution in [-0.2, 0) is 6.67 Å². The second-order valence-electron chi connectivity index (χ2n) is 7.14. The zero-order chi connectivity index (χ0) is 18.9. The molecule has 1 aromatic heterocycles. The molecule has 5 rings (SSSR count). The van der Waals surface area contributed by atoms with Gasteiger partial charge in [-0.05, 0) is 62.4 Å². The van der Waals surface area contributed by atoms with Crippen molar-refractivity contribution in [3.63, 3.8) is 0 Å². The number of nitrogens with zero attached hydrogens (tertiary/aromatic N) is 4. The third-order valence-electron chi connectivity index (χ3n) is 5.21. The summed E-state index contributed by atoms with van der Waals surface area (Å²) in [5.41, 5.74) is 0.984. The van der Waals surface area contributed by atoms with Crippen molar-refractivity contribution >= 4 is 12.2 Å². The van der Waals surface area contributed by atoms with E-state index < -0.39 is 0 Å². The SMILES string of the molecule is S=c1n(CN2CCCC2)nc(C2COc3ccccc3O2)n1-c1ccccc1. The number of hydrogen-bond acceptors (Lipinski definition) is 5. The summed E-state index contributed by atoms with van der Waals surface area (Å²) in [4.78, 5) is 2.38. The number of rotatable bonds is 4. The number of hydrogen-bond donors (Lipinski definition) is 0. The van der Waals surface area contributed by atoms with Crippen LogP contribution in [0.3, 0.4) is 0 Å². The second-order valence-corrected chi connectivity index (χ2v) is 7.51. The quantitative estimate of drug-likeness (QED) is 0.627. The number of benzene rings is 2. The summed E-state index contributed by atoms with van der Waals surface area (Å²) in [6, 6.07) is 17.8. The molecule has 0 radical (unpaired) electrons. The Hall–Kier alpha value is -2.64. The average molecular weight is 395 g/mol. The van der Waals surface area contributed by atoms with E-state index in [1.165, 1.54) is 12.8 Å². The molecule has 1 atom stereocenters. The van der Waals surface area contributed by atoms with Gasteiger partial charge in [0, 0.05) is 5.69 Å². The lowest BCUT2D eigenvalue weighted by atomic mass is 10.2. The molecule has 2 aromatic carbocycles. The zero-order valence-corrected chi connectivity index (χ0v) is 16.3. The van der Waals surface area contributed by atoms with Crippen LogP contribution in [0.1, 0.15) is 24.8 Å². The van der Waals surface area contributed by atoms with Crippen molar-refractivity contribution < 1.29 is 9.47 Å². The molecule has 3 heterocycles. The fourth-order valence-corrected chi connectivity index (χ4v) is 4.10. The largest absolute Gasteiger partial charge is 0.485 e. The van der Waals surface area contributed by atoms with E-state index in [2.05, 4.69) is 4.90 Å². The highest BCUT2D eigenvalue weighted by Crippen LogP contribution is 2.36. The first-order valence-corrected chi connectivity index (χ1v) is 10.1. The number of fused-ring (bicyclic) bond motifs is 1. The van der Waals surface area contributed by atoms with Gasteiger partial charge in [-0.1, -0.05) is 30.3 Å². The Morgan fingerprint density at radius 2 is 1.68 bits per heavy atom. The van der Waals surface area contributed by atoms with Crippen LogP contribution in [0.15, 0.2) is 54.6 Å². The first kappa shape index (κ1) is 17.5. The zero-order valence-electron chi connectivity index (χ0n) is 15.5. The Kier molecular flexibility index (Phi) is 4.62. The summed E-state index contributed by atoms with van der Waals surface area (Å²) < 4.78 is 16.8. The third kappa shape index (κ3) is 3.21. The van der Waals surface area contributed by atoms with E-state index in [4.69, 9.17) is 26.8 Å². The van der Waals surface area contributed by atoms with Gasteiger partial charge in [0.1, 0.15) is 6.61 Å². The normalized spacial score (nSPS) is 19.1. The van der Waals surface area contributed by atoms with Gasteiger partial charge in [0.2, 0.25) is 4.77 Å². The summed E-state index contributed by atoms with van der Waals surface area (Å²) in [6.07, 6.45) is 2.14. The van der Waals surface area contributed by atoms with Gasteiger partial charge in [0.05, 0.1) is 6.67 Å². The molecular formula is C21H22N4O2S. The van der Waals surface area contributed by atoms with Gasteiger partial charge in [-0.25, -0.2) is 4.68 Å². The van der Waals surface area contributed by atoms with E-state index >= 15 is 0 Å². The van der Waals surface area contributed by atoms with Crippen LogP contribution in [0.2, 0.25) is 0 Å². The van der Waals surface area contributed by atoms with Crippen LogP contribution < -0.4 is 9.47 Å². The predicted molar refractivity (Wildman–Crippen MR) is 109 cm³/mol. The van der Waals surface area contributed by atoms with Crippen LogP contribution in [0, 0.1) is 4.77 Å². The van der Waals surface area contributed by atoms with Crippen molar-refractivity contribution in [1.82, 2.24) is 19.2 Å². The van der Waals surface area contributed by atoms with Crippen LogP contribution in [0.4, 0.5) is 0 Å². The molecule has 7 heteroatoms. The van der Waals surface area contributed by atoms with Crippen LogP contribution in [0.5, 0.6) is 11.5 Å². The van der Waals surface area contributed by atoms with E-state index in [9.17, 15) is 0 Å². The van der Waals surface area contributed by atoms with Gasteiger partial charge in [-0.2, -0.15) is 5.10 Å².